The fourth-order valence-electron chi connectivity index (χ4n) is 3.16. The van der Waals surface area contributed by atoms with Crippen molar-refractivity contribution in [1.82, 2.24) is 4.90 Å². The summed E-state index contributed by atoms with van der Waals surface area (Å²) < 4.78 is 13.0. The van der Waals surface area contributed by atoms with Crippen molar-refractivity contribution in [2.45, 2.75) is 38.6 Å². The van der Waals surface area contributed by atoms with Crippen molar-refractivity contribution in [3.8, 4) is 11.8 Å². The van der Waals surface area contributed by atoms with Crippen LogP contribution in [0.25, 0.3) is 0 Å². The quantitative estimate of drug-likeness (QED) is 0.745. The fraction of sp³-hybridized carbons (Fsp3) is 0.364. The summed E-state index contributed by atoms with van der Waals surface area (Å²) in [5.74, 6) is 6.65. The Hall–Kier alpha value is -2.11. The first kappa shape index (κ1) is 16.7. The lowest BCUT2D eigenvalue weighted by molar-refractivity contribution is 0.280. The topological polar surface area (TPSA) is 3.24 Å². The zero-order valence-corrected chi connectivity index (χ0v) is 14.3. The van der Waals surface area contributed by atoms with Gasteiger partial charge in [-0.25, -0.2) is 4.39 Å². The van der Waals surface area contributed by atoms with Crippen molar-refractivity contribution in [1.29, 1.82) is 0 Å². The van der Waals surface area contributed by atoms with Gasteiger partial charge in [-0.2, -0.15) is 0 Å². The zero-order valence-electron chi connectivity index (χ0n) is 14.3. The molecule has 2 aromatic carbocycles. The summed E-state index contributed by atoms with van der Waals surface area (Å²) in [6, 6.07) is 15.5. The Morgan fingerprint density at radius 3 is 2.33 bits per heavy atom. The van der Waals surface area contributed by atoms with Crippen LogP contribution in [0.2, 0.25) is 0 Å². The monoisotopic (exact) mass is 321 g/mol. The molecule has 2 aromatic rings. The van der Waals surface area contributed by atoms with E-state index in [9.17, 15) is 4.39 Å². The molecule has 1 aliphatic heterocycles. The third-order valence-electron chi connectivity index (χ3n) is 4.64. The van der Waals surface area contributed by atoms with E-state index in [-0.39, 0.29) is 11.9 Å². The van der Waals surface area contributed by atoms with Gasteiger partial charge in [0.15, 0.2) is 0 Å². The molecule has 0 N–H and O–H groups in total. The zero-order chi connectivity index (χ0) is 16.8. The first-order valence-corrected chi connectivity index (χ1v) is 8.77. The summed E-state index contributed by atoms with van der Waals surface area (Å²) >= 11 is 0. The number of nitrogens with zero attached hydrogens (tertiary/aromatic N) is 1. The van der Waals surface area contributed by atoms with Gasteiger partial charge in [-0.15, -0.1) is 0 Å². The number of halogens is 1. The van der Waals surface area contributed by atoms with Crippen molar-refractivity contribution >= 4 is 0 Å². The number of rotatable bonds is 4. The molecule has 0 spiro atoms. The van der Waals surface area contributed by atoms with Crippen LogP contribution in [0, 0.1) is 24.6 Å². The minimum atomic E-state index is -0.172. The van der Waals surface area contributed by atoms with E-state index in [0.29, 0.717) is 0 Å². The van der Waals surface area contributed by atoms with E-state index in [0.717, 1.165) is 31.5 Å². The van der Waals surface area contributed by atoms with Crippen LogP contribution in [-0.2, 0) is 6.42 Å². The van der Waals surface area contributed by atoms with E-state index in [1.54, 1.807) is 0 Å². The highest BCUT2D eigenvalue weighted by molar-refractivity contribution is 5.37. The molecule has 0 amide bonds. The Balaban J connectivity index is 1.69. The van der Waals surface area contributed by atoms with Crippen molar-refractivity contribution in [2.75, 3.05) is 13.1 Å². The van der Waals surface area contributed by atoms with Crippen LogP contribution in [0.4, 0.5) is 4.39 Å². The fourth-order valence-corrected chi connectivity index (χ4v) is 3.16. The van der Waals surface area contributed by atoms with Gasteiger partial charge >= 0.3 is 0 Å². The highest BCUT2D eigenvalue weighted by Gasteiger charge is 2.20. The molecule has 0 aliphatic carbocycles. The lowest BCUT2D eigenvalue weighted by Gasteiger charge is -2.22. The molecular weight excluding hydrogens is 297 g/mol. The SMILES string of the molecule is Cc1ccc(C#CC(CCc2ccc(F)cc2)N2CCCC2)cc1. The van der Waals surface area contributed by atoms with Gasteiger partial charge in [0.05, 0.1) is 6.04 Å². The Labute approximate surface area is 144 Å². The first-order chi connectivity index (χ1) is 11.7. The molecule has 1 unspecified atom stereocenters. The summed E-state index contributed by atoms with van der Waals surface area (Å²) in [6.45, 7) is 4.36. The smallest absolute Gasteiger partial charge is 0.123 e. The number of likely N-dealkylation sites (tertiary alicyclic amines) is 1. The standard InChI is InChI=1S/C22H24FN/c1-18-4-6-19(7-5-18)10-14-22(24-16-2-3-17-24)15-11-20-8-12-21(23)13-9-20/h4-9,12-13,22H,2-3,11,15-17H2,1H3. The summed E-state index contributed by atoms with van der Waals surface area (Å²) in [7, 11) is 0. The largest absolute Gasteiger partial charge is 0.290 e. The highest BCUT2D eigenvalue weighted by atomic mass is 19.1. The lowest BCUT2D eigenvalue weighted by atomic mass is 10.0. The molecule has 1 fully saturated rings. The first-order valence-electron chi connectivity index (χ1n) is 8.77. The minimum absolute atomic E-state index is 0.172. The van der Waals surface area contributed by atoms with Gasteiger partial charge in [-0.3, -0.25) is 4.90 Å². The predicted octanol–water partition coefficient (Wildman–Crippen LogP) is 4.58. The Morgan fingerprint density at radius 1 is 1.00 bits per heavy atom. The molecule has 2 heteroatoms. The van der Waals surface area contributed by atoms with Crippen molar-refractivity contribution in [3.05, 3.63) is 71.0 Å². The van der Waals surface area contributed by atoms with Gasteiger partial charge in [0.2, 0.25) is 0 Å². The van der Waals surface area contributed by atoms with Crippen molar-refractivity contribution < 1.29 is 4.39 Å². The molecule has 24 heavy (non-hydrogen) atoms. The van der Waals surface area contributed by atoms with Crippen molar-refractivity contribution in [3.63, 3.8) is 0 Å². The average molecular weight is 321 g/mol. The van der Waals surface area contributed by atoms with Crippen LogP contribution < -0.4 is 0 Å². The van der Waals surface area contributed by atoms with E-state index in [1.165, 1.54) is 36.1 Å². The summed E-state index contributed by atoms with van der Waals surface area (Å²) in [6.07, 6.45) is 4.45. The maximum absolute atomic E-state index is 13.0. The van der Waals surface area contributed by atoms with Crippen LogP contribution in [0.5, 0.6) is 0 Å². The van der Waals surface area contributed by atoms with Crippen LogP contribution in [0.15, 0.2) is 48.5 Å². The summed E-state index contributed by atoms with van der Waals surface area (Å²) in [5.41, 5.74) is 3.51. The number of benzene rings is 2. The van der Waals surface area contributed by atoms with Crippen molar-refractivity contribution in [2.24, 2.45) is 0 Å². The van der Waals surface area contributed by atoms with E-state index in [1.807, 2.05) is 12.1 Å². The molecular formula is C22H24FN. The predicted molar refractivity (Wildman–Crippen MR) is 97.4 cm³/mol. The molecule has 1 aliphatic rings. The minimum Gasteiger partial charge on any atom is -0.290 e. The third kappa shape index (κ3) is 4.69. The van der Waals surface area contributed by atoms with Crippen LogP contribution in [-0.4, -0.2) is 24.0 Å². The number of hydrogen-bond donors (Lipinski definition) is 0. The van der Waals surface area contributed by atoms with Crippen LogP contribution in [0.3, 0.4) is 0 Å². The molecule has 0 radical (unpaired) electrons. The second-order valence-corrected chi connectivity index (χ2v) is 6.56. The van der Waals surface area contributed by atoms with Gasteiger partial charge in [0, 0.05) is 5.56 Å². The highest BCUT2D eigenvalue weighted by Crippen LogP contribution is 2.16. The molecule has 0 bridgehead atoms. The number of hydrogen-bond acceptors (Lipinski definition) is 1. The molecule has 124 valence electrons. The van der Waals surface area contributed by atoms with Crippen LogP contribution in [0.1, 0.15) is 36.0 Å². The van der Waals surface area contributed by atoms with Gasteiger partial charge in [-0.1, -0.05) is 41.7 Å². The Bertz CT molecular complexity index is 700. The molecule has 1 heterocycles. The second kappa shape index (κ2) is 8.13. The van der Waals surface area contributed by atoms with Gasteiger partial charge in [-0.05, 0) is 75.5 Å². The van der Waals surface area contributed by atoms with Gasteiger partial charge < -0.3 is 0 Å². The summed E-state index contributed by atoms with van der Waals surface area (Å²) in [5, 5.41) is 0. The molecule has 1 saturated heterocycles. The van der Waals surface area contributed by atoms with E-state index < -0.39 is 0 Å². The molecule has 0 aromatic heterocycles. The summed E-state index contributed by atoms with van der Waals surface area (Å²) in [4.78, 5) is 2.49. The van der Waals surface area contributed by atoms with E-state index >= 15 is 0 Å². The number of aryl methyl sites for hydroxylation is 2. The Morgan fingerprint density at radius 2 is 1.67 bits per heavy atom. The van der Waals surface area contributed by atoms with Crippen LogP contribution >= 0.6 is 0 Å². The van der Waals surface area contributed by atoms with E-state index in [4.69, 9.17) is 0 Å². The van der Waals surface area contributed by atoms with Gasteiger partial charge in [0.25, 0.3) is 0 Å². The third-order valence-corrected chi connectivity index (χ3v) is 4.64. The normalized spacial score (nSPS) is 15.8. The van der Waals surface area contributed by atoms with Gasteiger partial charge in [0.1, 0.15) is 5.82 Å². The maximum atomic E-state index is 13.0. The molecule has 0 saturated carbocycles. The lowest BCUT2D eigenvalue weighted by Crippen LogP contribution is -2.32. The molecule has 3 rings (SSSR count). The second-order valence-electron chi connectivity index (χ2n) is 6.56. The Kier molecular flexibility index (Phi) is 5.67. The molecule has 1 atom stereocenters. The van der Waals surface area contributed by atoms with E-state index in [2.05, 4.69) is 47.9 Å². The average Bonchev–Trinajstić information content (AvgIpc) is 3.12. The molecule has 1 nitrogen and oxygen atoms in total. The maximum Gasteiger partial charge on any atom is 0.123 e.